The van der Waals surface area contributed by atoms with Crippen LogP contribution in [0, 0.1) is 13.8 Å². The number of likely N-dealkylation sites (tertiary alicyclic amines) is 1. The lowest BCUT2D eigenvalue weighted by Gasteiger charge is -2.30. The highest BCUT2D eigenvalue weighted by molar-refractivity contribution is 6.46. The van der Waals surface area contributed by atoms with Gasteiger partial charge in [-0.1, -0.05) is 43.2 Å². The number of aryl methyl sites for hydroxylation is 2. The van der Waals surface area contributed by atoms with E-state index in [1.807, 2.05) is 62.5 Å². The Kier molecular flexibility index (Phi) is 4.69. The number of aliphatic hydroxyl groups excluding tert-OH is 1. The van der Waals surface area contributed by atoms with Gasteiger partial charge in [0, 0.05) is 34.3 Å². The Labute approximate surface area is 181 Å². The minimum atomic E-state index is -0.599. The van der Waals surface area contributed by atoms with Crippen molar-refractivity contribution in [3.05, 3.63) is 76.5 Å². The van der Waals surface area contributed by atoms with Gasteiger partial charge >= 0.3 is 0 Å². The number of Topliss-reactive ketones (excluding diaryl/α,β-unsaturated/α-hetero) is 1. The van der Waals surface area contributed by atoms with Crippen LogP contribution in [0.5, 0.6) is 0 Å². The van der Waals surface area contributed by atoms with Crippen molar-refractivity contribution in [1.82, 2.24) is 9.88 Å². The van der Waals surface area contributed by atoms with Crippen LogP contribution >= 0.6 is 0 Å². The molecular weight excluding hydrogens is 388 g/mol. The third kappa shape index (κ3) is 3.07. The van der Waals surface area contributed by atoms with Gasteiger partial charge in [-0.2, -0.15) is 0 Å². The fourth-order valence-electron chi connectivity index (χ4n) is 5.08. The van der Waals surface area contributed by atoms with Gasteiger partial charge in [0.15, 0.2) is 0 Å². The van der Waals surface area contributed by atoms with E-state index in [0.717, 1.165) is 53.3 Å². The van der Waals surface area contributed by atoms with Crippen LogP contribution in [0.2, 0.25) is 0 Å². The second kappa shape index (κ2) is 7.41. The maximum absolute atomic E-state index is 13.3. The molecule has 5 heteroatoms. The number of aliphatic hydroxyl groups is 1. The van der Waals surface area contributed by atoms with E-state index in [2.05, 4.69) is 4.98 Å². The van der Waals surface area contributed by atoms with Crippen LogP contribution < -0.4 is 0 Å². The molecule has 2 fully saturated rings. The number of hydrogen-bond acceptors (Lipinski definition) is 3. The number of para-hydroxylation sites is 1. The number of rotatable bonds is 3. The van der Waals surface area contributed by atoms with Crippen LogP contribution in [-0.4, -0.2) is 32.7 Å². The van der Waals surface area contributed by atoms with Crippen molar-refractivity contribution in [2.24, 2.45) is 0 Å². The van der Waals surface area contributed by atoms with Crippen LogP contribution in [0.1, 0.15) is 54.0 Å². The number of nitrogens with one attached hydrogen (secondary N) is 1. The molecular formula is C26H26N2O3. The normalized spacial score (nSPS) is 21.5. The number of ketones is 1. The molecule has 0 spiro atoms. The lowest BCUT2D eigenvalue weighted by molar-refractivity contribution is -0.141. The number of benzene rings is 2. The molecule has 5 nitrogen and oxygen atoms in total. The zero-order valence-corrected chi connectivity index (χ0v) is 17.8. The standard InChI is InChI=1S/C26H26N2O3/c1-15-11-12-17(13-16(15)2)24(29)22-23(20-14-27-21-10-6-5-9-19(20)21)28(26(31)25(22)30)18-7-3-4-8-18/h5-6,9-14,18,23,27,29H,3-4,7-8H2,1-2H3/b24-22+. The predicted molar refractivity (Wildman–Crippen MR) is 121 cm³/mol. The van der Waals surface area contributed by atoms with E-state index in [1.54, 1.807) is 4.90 Å². The Morgan fingerprint density at radius 1 is 1.03 bits per heavy atom. The Bertz CT molecular complexity index is 1230. The second-order valence-corrected chi connectivity index (χ2v) is 8.73. The monoisotopic (exact) mass is 414 g/mol. The first kappa shape index (κ1) is 19.6. The second-order valence-electron chi connectivity index (χ2n) is 8.73. The van der Waals surface area contributed by atoms with E-state index in [-0.39, 0.29) is 17.4 Å². The largest absolute Gasteiger partial charge is 0.507 e. The van der Waals surface area contributed by atoms with Crippen LogP contribution in [0.25, 0.3) is 16.7 Å². The van der Waals surface area contributed by atoms with Gasteiger partial charge in [0.1, 0.15) is 5.76 Å². The topological polar surface area (TPSA) is 73.4 Å². The Morgan fingerprint density at radius 2 is 1.77 bits per heavy atom. The maximum atomic E-state index is 13.3. The van der Waals surface area contributed by atoms with Crippen molar-refractivity contribution in [1.29, 1.82) is 0 Å². The highest BCUT2D eigenvalue weighted by Crippen LogP contribution is 2.45. The molecule has 1 aliphatic heterocycles. The summed E-state index contributed by atoms with van der Waals surface area (Å²) in [5.74, 6) is -1.21. The van der Waals surface area contributed by atoms with Crippen molar-refractivity contribution in [3.8, 4) is 0 Å². The molecule has 1 saturated carbocycles. The zero-order valence-electron chi connectivity index (χ0n) is 17.8. The minimum absolute atomic E-state index is 0.0140. The first-order valence-corrected chi connectivity index (χ1v) is 10.9. The third-order valence-corrected chi connectivity index (χ3v) is 6.89. The molecule has 1 aliphatic carbocycles. The summed E-state index contributed by atoms with van der Waals surface area (Å²) in [6.07, 6.45) is 5.73. The molecule has 2 aliphatic rings. The zero-order chi connectivity index (χ0) is 21.7. The summed E-state index contributed by atoms with van der Waals surface area (Å²) < 4.78 is 0. The van der Waals surface area contributed by atoms with Crippen LogP contribution in [0.15, 0.2) is 54.2 Å². The molecule has 2 aromatic carbocycles. The van der Waals surface area contributed by atoms with Gasteiger partial charge in [-0.25, -0.2) is 0 Å². The first-order chi connectivity index (χ1) is 15.0. The molecule has 0 bridgehead atoms. The summed E-state index contributed by atoms with van der Waals surface area (Å²) in [6.45, 7) is 3.98. The summed E-state index contributed by atoms with van der Waals surface area (Å²) >= 11 is 0. The molecule has 1 atom stereocenters. The van der Waals surface area contributed by atoms with E-state index in [9.17, 15) is 14.7 Å². The van der Waals surface area contributed by atoms with E-state index < -0.39 is 17.7 Å². The molecule has 1 aromatic heterocycles. The molecule has 3 aromatic rings. The van der Waals surface area contributed by atoms with Crippen LogP contribution in [0.4, 0.5) is 0 Å². The number of carbonyl (C=O) groups excluding carboxylic acids is 2. The number of nitrogens with zero attached hydrogens (tertiary/aromatic N) is 1. The van der Waals surface area contributed by atoms with Crippen molar-refractivity contribution < 1.29 is 14.7 Å². The van der Waals surface area contributed by atoms with Gasteiger partial charge in [0.05, 0.1) is 11.6 Å². The fraction of sp³-hybridized carbons (Fsp3) is 0.308. The average molecular weight is 415 g/mol. The molecule has 1 saturated heterocycles. The van der Waals surface area contributed by atoms with E-state index in [4.69, 9.17) is 0 Å². The minimum Gasteiger partial charge on any atom is -0.507 e. The van der Waals surface area contributed by atoms with Gasteiger partial charge in [-0.3, -0.25) is 9.59 Å². The average Bonchev–Trinajstić information content (AvgIpc) is 3.49. The third-order valence-electron chi connectivity index (χ3n) is 6.89. The van der Waals surface area contributed by atoms with Crippen molar-refractivity contribution >= 4 is 28.4 Å². The molecule has 1 amide bonds. The molecule has 1 unspecified atom stereocenters. The highest BCUT2D eigenvalue weighted by Gasteiger charge is 2.49. The van der Waals surface area contributed by atoms with Crippen LogP contribution in [0.3, 0.4) is 0 Å². The van der Waals surface area contributed by atoms with Crippen molar-refractivity contribution in [3.63, 3.8) is 0 Å². The predicted octanol–water partition coefficient (Wildman–Crippen LogP) is 5.15. The summed E-state index contributed by atoms with van der Waals surface area (Å²) in [5, 5.41) is 12.3. The fourth-order valence-corrected chi connectivity index (χ4v) is 5.08. The summed E-state index contributed by atoms with van der Waals surface area (Å²) in [7, 11) is 0. The Hall–Kier alpha value is -3.34. The summed E-state index contributed by atoms with van der Waals surface area (Å²) in [5.41, 5.74) is 4.68. The lowest BCUT2D eigenvalue weighted by atomic mass is 9.93. The Balaban J connectivity index is 1.74. The van der Waals surface area contributed by atoms with E-state index in [1.165, 1.54) is 0 Å². The number of aromatic nitrogens is 1. The molecule has 5 rings (SSSR count). The number of carbonyl (C=O) groups is 2. The SMILES string of the molecule is Cc1ccc(/C(O)=C2\C(=O)C(=O)N(C3CCCC3)C2c2c[nH]c3ccccc23)cc1C. The number of fused-ring (bicyclic) bond motifs is 1. The molecule has 158 valence electrons. The molecule has 0 radical (unpaired) electrons. The van der Waals surface area contributed by atoms with Gasteiger partial charge in [0.2, 0.25) is 0 Å². The van der Waals surface area contributed by atoms with Gasteiger partial charge in [-0.15, -0.1) is 0 Å². The van der Waals surface area contributed by atoms with Gasteiger partial charge in [0.25, 0.3) is 11.7 Å². The number of aromatic amines is 1. The molecule has 2 heterocycles. The van der Waals surface area contributed by atoms with Crippen LogP contribution in [-0.2, 0) is 9.59 Å². The first-order valence-electron chi connectivity index (χ1n) is 10.9. The maximum Gasteiger partial charge on any atom is 0.295 e. The van der Waals surface area contributed by atoms with Gasteiger partial charge in [-0.05, 0) is 49.9 Å². The quantitative estimate of drug-likeness (QED) is 0.354. The number of hydrogen-bond donors (Lipinski definition) is 2. The Morgan fingerprint density at radius 3 is 2.52 bits per heavy atom. The number of H-pyrrole nitrogens is 1. The van der Waals surface area contributed by atoms with E-state index >= 15 is 0 Å². The van der Waals surface area contributed by atoms with Gasteiger partial charge < -0.3 is 15.0 Å². The summed E-state index contributed by atoms with van der Waals surface area (Å²) in [6, 6.07) is 12.9. The summed E-state index contributed by atoms with van der Waals surface area (Å²) in [4.78, 5) is 31.5. The molecule has 2 N–H and O–H groups in total. The smallest absolute Gasteiger partial charge is 0.295 e. The molecule has 31 heavy (non-hydrogen) atoms. The highest BCUT2D eigenvalue weighted by atomic mass is 16.3. The van der Waals surface area contributed by atoms with Crippen molar-refractivity contribution in [2.45, 2.75) is 51.6 Å². The lowest BCUT2D eigenvalue weighted by Crippen LogP contribution is -2.37. The van der Waals surface area contributed by atoms with Crippen molar-refractivity contribution in [2.75, 3.05) is 0 Å². The number of amides is 1. The van der Waals surface area contributed by atoms with E-state index in [0.29, 0.717) is 5.56 Å².